The zero-order chi connectivity index (χ0) is 28.1. The van der Waals surface area contributed by atoms with Crippen LogP contribution >= 0.6 is 0 Å². The molecule has 5 rings (SSSR count). The molecule has 3 heterocycles. The number of nitrogens with one attached hydrogen (secondary N) is 2. The summed E-state index contributed by atoms with van der Waals surface area (Å²) in [6, 6.07) is 19.0. The maximum absolute atomic E-state index is 13.0. The van der Waals surface area contributed by atoms with Crippen molar-refractivity contribution in [2.24, 2.45) is 0 Å². The topological polar surface area (TPSA) is 106 Å². The van der Waals surface area contributed by atoms with Crippen molar-refractivity contribution in [2.75, 3.05) is 36.5 Å². The van der Waals surface area contributed by atoms with E-state index in [1.165, 1.54) is 6.33 Å². The number of amides is 2. The van der Waals surface area contributed by atoms with Gasteiger partial charge in [0, 0.05) is 42.7 Å². The second kappa shape index (κ2) is 11.7. The molecule has 2 amide bonds. The number of carbonyl (C=O) groups excluding carboxylic acids is 1. The number of para-hydroxylation sites is 1. The molecule has 0 bridgehead atoms. The highest BCUT2D eigenvalue weighted by atomic mass is 16.5. The van der Waals surface area contributed by atoms with Crippen molar-refractivity contribution in [3.05, 3.63) is 83.8 Å². The van der Waals surface area contributed by atoms with Gasteiger partial charge in [-0.05, 0) is 25.1 Å². The summed E-state index contributed by atoms with van der Waals surface area (Å²) < 4.78 is 13.3. The van der Waals surface area contributed by atoms with Gasteiger partial charge < -0.3 is 19.7 Å². The molecule has 1 aliphatic rings. The van der Waals surface area contributed by atoms with Gasteiger partial charge in [-0.2, -0.15) is 5.10 Å². The molecule has 0 aliphatic carbocycles. The van der Waals surface area contributed by atoms with Gasteiger partial charge >= 0.3 is 6.03 Å². The minimum atomic E-state index is -0.347. The summed E-state index contributed by atoms with van der Waals surface area (Å²) in [6.07, 6.45) is 1.50. The molecule has 1 aliphatic heterocycles. The van der Waals surface area contributed by atoms with Crippen molar-refractivity contribution < 1.29 is 14.3 Å². The average molecular weight is 542 g/mol. The molecule has 0 radical (unpaired) electrons. The largest absolute Gasteiger partial charge is 0.438 e. The summed E-state index contributed by atoms with van der Waals surface area (Å²) in [4.78, 5) is 23.8. The monoisotopic (exact) mass is 541 g/mol. The van der Waals surface area contributed by atoms with Crippen molar-refractivity contribution in [3.63, 3.8) is 0 Å². The number of rotatable bonds is 7. The Bertz CT molecular complexity index is 1450. The number of hydrogen-bond acceptors (Lipinski definition) is 7. The van der Waals surface area contributed by atoms with Gasteiger partial charge in [-0.25, -0.2) is 19.4 Å². The summed E-state index contributed by atoms with van der Waals surface area (Å²) in [7, 11) is 0. The van der Waals surface area contributed by atoms with E-state index < -0.39 is 0 Å². The van der Waals surface area contributed by atoms with E-state index in [1.54, 1.807) is 4.68 Å². The van der Waals surface area contributed by atoms with Crippen LogP contribution < -0.4 is 20.3 Å². The van der Waals surface area contributed by atoms with Gasteiger partial charge in [0.05, 0.1) is 24.6 Å². The fraction of sp³-hybridized carbons (Fsp3) is 0.333. The molecule has 40 heavy (non-hydrogen) atoms. The van der Waals surface area contributed by atoms with Crippen LogP contribution in [0.5, 0.6) is 11.6 Å². The first kappa shape index (κ1) is 27.1. The van der Waals surface area contributed by atoms with Gasteiger partial charge in [0.15, 0.2) is 0 Å². The summed E-state index contributed by atoms with van der Waals surface area (Å²) in [6.45, 7) is 11.5. The molecular formula is C30H35N7O3. The molecule has 0 spiro atoms. The van der Waals surface area contributed by atoms with Gasteiger partial charge in [-0.3, -0.25) is 5.32 Å². The summed E-state index contributed by atoms with van der Waals surface area (Å²) in [5.74, 6) is 2.43. The van der Waals surface area contributed by atoms with Crippen LogP contribution in [-0.2, 0) is 16.7 Å². The molecule has 1 fully saturated rings. The lowest BCUT2D eigenvalue weighted by Crippen LogP contribution is -2.36. The third-order valence-corrected chi connectivity index (χ3v) is 6.59. The second-order valence-corrected chi connectivity index (χ2v) is 10.7. The van der Waals surface area contributed by atoms with Crippen LogP contribution in [0.3, 0.4) is 0 Å². The van der Waals surface area contributed by atoms with Gasteiger partial charge in [0.1, 0.15) is 23.7 Å². The molecule has 0 atom stereocenters. The molecular weight excluding hydrogens is 506 g/mol. The highest BCUT2D eigenvalue weighted by Gasteiger charge is 2.22. The number of carbonyl (C=O) groups is 1. The predicted octanol–water partition coefficient (Wildman–Crippen LogP) is 5.22. The number of aryl methyl sites for hydroxylation is 1. The Morgan fingerprint density at radius 2 is 1.77 bits per heavy atom. The summed E-state index contributed by atoms with van der Waals surface area (Å²) >= 11 is 0. The molecule has 10 heteroatoms. The Labute approximate surface area is 234 Å². The normalized spacial score (nSPS) is 13.7. The third kappa shape index (κ3) is 6.58. The van der Waals surface area contributed by atoms with Crippen molar-refractivity contribution in [2.45, 2.75) is 39.7 Å². The molecule has 4 aromatic rings. The quantitative estimate of drug-likeness (QED) is 0.330. The van der Waals surface area contributed by atoms with Crippen molar-refractivity contribution in [1.29, 1.82) is 0 Å². The lowest BCUT2D eigenvalue weighted by atomic mass is 9.92. The molecule has 1 saturated heterocycles. The molecule has 2 N–H and O–H groups in total. The first-order chi connectivity index (χ1) is 19.3. The van der Waals surface area contributed by atoms with Crippen molar-refractivity contribution >= 4 is 17.7 Å². The summed E-state index contributed by atoms with van der Waals surface area (Å²) in [5, 5.41) is 10.7. The minimum Gasteiger partial charge on any atom is -0.438 e. The van der Waals surface area contributed by atoms with Crippen LogP contribution in [0.15, 0.2) is 67.0 Å². The third-order valence-electron chi connectivity index (χ3n) is 6.59. The number of benzene rings is 2. The number of ether oxygens (including phenoxy) is 2. The smallest absolute Gasteiger partial charge is 0.320 e. The maximum atomic E-state index is 13.0. The number of aromatic nitrogens is 4. The van der Waals surface area contributed by atoms with Crippen molar-refractivity contribution in [1.82, 2.24) is 25.1 Å². The Morgan fingerprint density at radius 3 is 2.52 bits per heavy atom. The first-order valence-corrected chi connectivity index (χ1v) is 13.4. The zero-order valence-corrected chi connectivity index (χ0v) is 23.3. The average Bonchev–Trinajstić information content (AvgIpc) is 3.38. The van der Waals surface area contributed by atoms with E-state index in [9.17, 15) is 4.79 Å². The number of morpholine rings is 1. The van der Waals surface area contributed by atoms with Gasteiger partial charge in [-0.15, -0.1) is 0 Å². The molecule has 10 nitrogen and oxygen atoms in total. The standard InChI is InChI=1S/C30H35N7O3/c1-21-9-11-23(12-10-21)37-27(17-25(35-37)30(2,3)4)34-29(38)31-19-22-7-5-6-8-24(22)40-28-18-26(32-20-33-28)36-13-15-39-16-14-36/h5-12,17-18,20H,13-16,19H2,1-4H3,(H2,31,34,38). The lowest BCUT2D eigenvalue weighted by molar-refractivity contribution is 0.122. The fourth-order valence-corrected chi connectivity index (χ4v) is 4.27. The maximum Gasteiger partial charge on any atom is 0.320 e. The highest BCUT2D eigenvalue weighted by molar-refractivity contribution is 5.88. The Hall–Kier alpha value is -4.44. The molecule has 0 saturated carbocycles. The van der Waals surface area contributed by atoms with Gasteiger partial charge in [0.25, 0.3) is 0 Å². The van der Waals surface area contributed by atoms with Crippen LogP contribution in [0.2, 0.25) is 0 Å². The van der Waals surface area contributed by atoms with Crippen LogP contribution in [0, 0.1) is 6.92 Å². The Morgan fingerprint density at radius 1 is 1.02 bits per heavy atom. The minimum absolute atomic E-state index is 0.179. The molecule has 2 aromatic heterocycles. The van der Waals surface area contributed by atoms with Gasteiger partial charge in [-0.1, -0.05) is 56.7 Å². The lowest BCUT2D eigenvalue weighted by Gasteiger charge is -2.27. The number of hydrogen-bond donors (Lipinski definition) is 2. The first-order valence-electron chi connectivity index (χ1n) is 13.4. The molecule has 0 unspecified atom stereocenters. The van der Waals surface area contributed by atoms with E-state index in [2.05, 4.69) is 46.3 Å². The van der Waals surface area contributed by atoms with Crippen LogP contribution in [-0.4, -0.2) is 52.1 Å². The van der Waals surface area contributed by atoms with Gasteiger partial charge in [0.2, 0.25) is 5.88 Å². The van der Waals surface area contributed by atoms with E-state index in [-0.39, 0.29) is 18.0 Å². The van der Waals surface area contributed by atoms with Crippen LogP contribution in [0.4, 0.5) is 16.4 Å². The van der Waals surface area contributed by atoms with E-state index in [1.807, 2.05) is 67.6 Å². The van der Waals surface area contributed by atoms with Crippen molar-refractivity contribution in [3.8, 4) is 17.3 Å². The predicted molar refractivity (Wildman–Crippen MR) is 154 cm³/mol. The van der Waals surface area contributed by atoms with E-state index >= 15 is 0 Å². The number of nitrogens with zero attached hydrogens (tertiary/aromatic N) is 5. The number of urea groups is 1. The van der Waals surface area contributed by atoms with Crippen LogP contribution in [0.1, 0.15) is 37.6 Å². The van der Waals surface area contributed by atoms with E-state index in [0.29, 0.717) is 30.7 Å². The number of anilines is 2. The zero-order valence-electron chi connectivity index (χ0n) is 23.3. The van der Waals surface area contributed by atoms with E-state index in [0.717, 1.165) is 41.4 Å². The van der Waals surface area contributed by atoms with Crippen LogP contribution in [0.25, 0.3) is 5.69 Å². The highest BCUT2D eigenvalue weighted by Crippen LogP contribution is 2.28. The fourth-order valence-electron chi connectivity index (χ4n) is 4.27. The summed E-state index contributed by atoms with van der Waals surface area (Å²) in [5.41, 5.74) is 3.53. The Kier molecular flexibility index (Phi) is 7.97. The second-order valence-electron chi connectivity index (χ2n) is 10.7. The SMILES string of the molecule is Cc1ccc(-n2nc(C(C)(C)C)cc2NC(=O)NCc2ccccc2Oc2cc(N3CCOCC3)ncn2)cc1. The van der Waals surface area contributed by atoms with E-state index in [4.69, 9.17) is 14.6 Å². The Balaban J connectivity index is 1.28. The molecule has 2 aromatic carbocycles. The molecule has 208 valence electrons.